The maximum Gasteiger partial charge on any atom is 0.156 e. The molecule has 0 aliphatic carbocycles. The molecule has 0 amide bonds. The third-order valence-electron chi connectivity index (χ3n) is 3.18. The Kier molecular flexibility index (Phi) is 4.69. The molecule has 90 valence electrons. The van der Waals surface area contributed by atoms with Crippen molar-refractivity contribution in [1.29, 1.82) is 0 Å². The van der Waals surface area contributed by atoms with Gasteiger partial charge in [-0.3, -0.25) is 9.69 Å². The fraction of sp³-hybridized carbons (Fsp3) is 0.615. The monoisotopic (exact) mass is 239 g/mol. The summed E-state index contributed by atoms with van der Waals surface area (Å²) in [7, 11) is 0. The van der Waals surface area contributed by atoms with Gasteiger partial charge in [-0.2, -0.15) is 11.3 Å². The second-order valence-corrected chi connectivity index (χ2v) is 5.24. The predicted molar refractivity (Wildman–Crippen MR) is 70.0 cm³/mol. The molecule has 0 aliphatic heterocycles. The minimum absolute atomic E-state index is 0.301. The van der Waals surface area contributed by atoms with Crippen LogP contribution in [0.25, 0.3) is 0 Å². The lowest BCUT2D eigenvalue weighted by atomic mass is 9.92. The van der Waals surface area contributed by atoms with Gasteiger partial charge in [0.1, 0.15) is 0 Å². The Morgan fingerprint density at radius 3 is 2.44 bits per heavy atom. The standard InChI is InChI=1S/C13H21NOS/c1-5-14(6-2)13(3,4)12(15)9-11-7-8-16-10-11/h7-8,10H,5-6,9H2,1-4H3. The van der Waals surface area contributed by atoms with E-state index in [1.165, 1.54) is 0 Å². The lowest BCUT2D eigenvalue weighted by Gasteiger charge is -2.35. The third kappa shape index (κ3) is 2.92. The quantitative estimate of drug-likeness (QED) is 0.760. The molecular weight excluding hydrogens is 218 g/mol. The van der Waals surface area contributed by atoms with Crippen molar-refractivity contribution >= 4 is 17.1 Å². The number of nitrogens with zero attached hydrogens (tertiary/aromatic N) is 1. The molecule has 0 saturated carbocycles. The molecule has 0 aliphatic rings. The summed E-state index contributed by atoms with van der Waals surface area (Å²) in [6.45, 7) is 10.1. The number of carbonyl (C=O) groups excluding carboxylic acids is 1. The van der Waals surface area contributed by atoms with Crippen molar-refractivity contribution in [2.24, 2.45) is 0 Å². The Balaban J connectivity index is 2.71. The van der Waals surface area contributed by atoms with Crippen LogP contribution in [-0.2, 0) is 11.2 Å². The first-order valence-corrected chi connectivity index (χ1v) is 6.76. The first kappa shape index (κ1) is 13.4. The summed E-state index contributed by atoms with van der Waals surface area (Å²) in [6.07, 6.45) is 0.549. The second kappa shape index (κ2) is 5.60. The summed E-state index contributed by atoms with van der Waals surface area (Å²) < 4.78 is 0. The van der Waals surface area contributed by atoms with Crippen LogP contribution < -0.4 is 0 Å². The highest BCUT2D eigenvalue weighted by molar-refractivity contribution is 7.08. The largest absolute Gasteiger partial charge is 0.297 e. The minimum Gasteiger partial charge on any atom is -0.297 e. The topological polar surface area (TPSA) is 20.3 Å². The number of hydrogen-bond donors (Lipinski definition) is 0. The molecule has 3 heteroatoms. The third-order valence-corrected chi connectivity index (χ3v) is 3.91. The first-order valence-electron chi connectivity index (χ1n) is 5.81. The van der Waals surface area contributed by atoms with Gasteiger partial charge in [0.15, 0.2) is 5.78 Å². The van der Waals surface area contributed by atoms with Gasteiger partial charge in [0, 0.05) is 6.42 Å². The summed E-state index contributed by atoms with van der Waals surface area (Å²) >= 11 is 1.65. The molecular formula is C13H21NOS. The van der Waals surface area contributed by atoms with Crippen molar-refractivity contribution in [3.05, 3.63) is 22.4 Å². The number of rotatable bonds is 6. The van der Waals surface area contributed by atoms with E-state index in [-0.39, 0.29) is 5.54 Å². The molecule has 16 heavy (non-hydrogen) atoms. The molecule has 2 nitrogen and oxygen atoms in total. The molecule has 0 saturated heterocycles. The van der Waals surface area contributed by atoms with E-state index in [4.69, 9.17) is 0 Å². The van der Waals surface area contributed by atoms with Crippen LogP contribution in [0.1, 0.15) is 33.3 Å². The van der Waals surface area contributed by atoms with Crippen molar-refractivity contribution in [3.8, 4) is 0 Å². The summed E-state index contributed by atoms with van der Waals surface area (Å²) in [4.78, 5) is 14.5. The lowest BCUT2D eigenvalue weighted by Crippen LogP contribution is -2.50. The van der Waals surface area contributed by atoms with E-state index >= 15 is 0 Å². The first-order chi connectivity index (χ1) is 7.52. The highest BCUT2D eigenvalue weighted by Crippen LogP contribution is 2.18. The molecule has 0 unspecified atom stereocenters. The maximum atomic E-state index is 12.3. The summed E-state index contributed by atoms with van der Waals surface area (Å²) in [5, 5.41) is 4.07. The molecule has 1 aromatic rings. The molecule has 0 spiro atoms. The molecule has 0 atom stereocenters. The van der Waals surface area contributed by atoms with E-state index in [0.717, 1.165) is 18.7 Å². The molecule has 0 aromatic carbocycles. The minimum atomic E-state index is -0.356. The highest BCUT2D eigenvalue weighted by Gasteiger charge is 2.32. The Morgan fingerprint density at radius 2 is 2.00 bits per heavy atom. The van der Waals surface area contributed by atoms with Crippen LogP contribution in [0.2, 0.25) is 0 Å². The lowest BCUT2D eigenvalue weighted by molar-refractivity contribution is -0.128. The van der Waals surface area contributed by atoms with Crippen LogP contribution in [0.4, 0.5) is 0 Å². The predicted octanol–water partition coefficient (Wildman–Crippen LogP) is 2.98. The average molecular weight is 239 g/mol. The Labute approximate surface area is 102 Å². The Morgan fingerprint density at radius 1 is 1.38 bits per heavy atom. The smallest absolute Gasteiger partial charge is 0.156 e. The van der Waals surface area contributed by atoms with Gasteiger partial charge in [-0.1, -0.05) is 13.8 Å². The van der Waals surface area contributed by atoms with Gasteiger partial charge in [0.05, 0.1) is 5.54 Å². The number of thiophene rings is 1. The Bertz CT molecular complexity index is 326. The van der Waals surface area contributed by atoms with Crippen LogP contribution >= 0.6 is 11.3 Å². The van der Waals surface area contributed by atoms with Gasteiger partial charge in [0.25, 0.3) is 0 Å². The van der Waals surface area contributed by atoms with Crippen molar-refractivity contribution < 1.29 is 4.79 Å². The van der Waals surface area contributed by atoms with Gasteiger partial charge in [-0.05, 0) is 49.3 Å². The fourth-order valence-corrected chi connectivity index (χ4v) is 2.65. The van der Waals surface area contributed by atoms with Gasteiger partial charge in [-0.15, -0.1) is 0 Å². The normalized spacial score (nSPS) is 12.1. The van der Waals surface area contributed by atoms with Crippen molar-refractivity contribution in [2.75, 3.05) is 13.1 Å². The van der Waals surface area contributed by atoms with E-state index in [1.54, 1.807) is 11.3 Å². The van der Waals surface area contributed by atoms with Crippen LogP contribution in [0.15, 0.2) is 16.8 Å². The van der Waals surface area contributed by atoms with E-state index in [1.807, 2.05) is 25.3 Å². The van der Waals surface area contributed by atoms with Crippen molar-refractivity contribution in [1.82, 2.24) is 4.90 Å². The number of likely N-dealkylation sites (N-methyl/N-ethyl adjacent to an activating group) is 1. The van der Waals surface area contributed by atoms with Gasteiger partial charge in [0.2, 0.25) is 0 Å². The number of Topliss-reactive ketones (excluding diaryl/α,β-unsaturated/α-hetero) is 1. The molecule has 0 radical (unpaired) electrons. The molecule has 0 N–H and O–H groups in total. The molecule has 1 rings (SSSR count). The zero-order valence-electron chi connectivity index (χ0n) is 10.6. The molecule has 0 fully saturated rings. The molecule has 0 bridgehead atoms. The average Bonchev–Trinajstić information content (AvgIpc) is 2.71. The van der Waals surface area contributed by atoms with Crippen LogP contribution in [0.5, 0.6) is 0 Å². The zero-order chi connectivity index (χ0) is 12.2. The van der Waals surface area contributed by atoms with Crippen LogP contribution in [-0.4, -0.2) is 29.3 Å². The van der Waals surface area contributed by atoms with E-state index in [0.29, 0.717) is 12.2 Å². The van der Waals surface area contributed by atoms with Gasteiger partial charge >= 0.3 is 0 Å². The second-order valence-electron chi connectivity index (χ2n) is 4.46. The Hall–Kier alpha value is -0.670. The summed E-state index contributed by atoms with van der Waals surface area (Å²) in [5.74, 6) is 0.301. The number of ketones is 1. The van der Waals surface area contributed by atoms with Crippen LogP contribution in [0.3, 0.4) is 0 Å². The molecule has 1 aromatic heterocycles. The summed E-state index contributed by atoms with van der Waals surface area (Å²) in [6, 6.07) is 2.03. The highest BCUT2D eigenvalue weighted by atomic mass is 32.1. The van der Waals surface area contributed by atoms with Gasteiger partial charge in [-0.25, -0.2) is 0 Å². The van der Waals surface area contributed by atoms with E-state index < -0.39 is 0 Å². The van der Waals surface area contributed by atoms with Crippen LogP contribution in [0, 0.1) is 0 Å². The summed E-state index contributed by atoms with van der Waals surface area (Å²) in [5.41, 5.74) is 0.779. The van der Waals surface area contributed by atoms with Crippen molar-refractivity contribution in [3.63, 3.8) is 0 Å². The molecule has 1 heterocycles. The van der Waals surface area contributed by atoms with Crippen molar-refractivity contribution in [2.45, 2.75) is 39.7 Å². The van der Waals surface area contributed by atoms with E-state index in [2.05, 4.69) is 24.1 Å². The maximum absolute atomic E-state index is 12.3. The number of carbonyl (C=O) groups is 1. The SMILES string of the molecule is CCN(CC)C(C)(C)C(=O)Cc1ccsc1. The zero-order valence-corrected chi connectivity index (χ0v) is 11.4. The number of hydrogen-bond acceptors (Lipinski definition) is 3. The van der Waals surface area contributed by atoms with E-state index in [9.17, 15) is 4.79 Å². The van der Waals surface area contributed by atoms with Gasteiger partial charge < -0.3 is 0 Å². The fourth-order valence-electron chi connectivity index (χ4n) is 1.99.